The fraction of sp³-hybridized carbons (Fsp3) is 0.778. The summed E-state index contributed by atoms with van der Waals surface area (Å²) in [5, 5.41) is 2.74. The maximum Gasteiger partial charge on any atom is 0.222 e. The first-order chi connectivity index (χ1) is 6.07. The third-order valence-electron chi connectivity index (χ3n) is 1.96. The van der Waals surface area contributed by atoms with Crippen LogP contribution in [0.3, 0.4) is 0 Å². The standard InChI is InChI=1S/C9H18N2O2/c1-3-7(2)9(13)11-6-4-5-8(10)12/h7H,3-6H2,1-2H3,(H2,10,12)(H,11,13). The minimum absolute atomic E-state index is 0.0481. The average molecular weight is 186 g/mol. The summed E-state index contributed by atoms with van der Waals surface area (Å²) in [6.07, 6.45) is 1.79. The van der Waals surface area contributed by atoms with Gasteiger partial charge in [-0.1, -0.05) is 13.8 Å². The Labute approximate surface area is 78.9 Å². The van der Waals surface area contributed by atoms with E-state index >= 15 is 0 Å². The molecule has 0 rings (SSSR count). The molecular formula is C9H18N2O2. The zero-order valence-electron chi connectivity index (χ0n) is 8.30. The van der Waals surface area contributed by atoms with Crippen LogP contribution < -0.4 is 11.1 Å². The molecule has 0 bridgehead atoms. The van der Waals surface area contributed by atoms with E-state index in [0.29, 0.717) is 19.4 Å². The van der Waals surface area contributed by atoms with E-state index in [4.69, 9.17) is 5.73 Å². The quantitative estimate of drug-likeness (QED) is 0.590. The highest BCUT2D eigenvalue weighted by molar-refractivity contribution is 5.78. The molecule has 2 amide bonds. The molecule has 0 fully saturated rings. The highest BCUT2D eigenvalue weighted by atomic mass is 16.2. The second-order valence-corrected chi connectivity index (χ2v) is 3.17. The third kappa shape index (κ3) is 6.13. The van der Waals surface area contributed by atoms with Gasteiger partial charge in [0.1, 0.15) is 0 Å². The molecule has 13 heavy (non-hydrogen) atoms. The van der Waals surface area contributed by atoms with E-state index in [-0.39, 0.29) is 17.7 Å². The smallest absolute Gasteiger partial charge is 0.222 e. The molecule has 0 saturated carbocycles. The van der Waals surface area contributed by atoms with Gasteiger partial charge in [0, 0.05) is 18.9 Å². The number of nitrogens with one attached hydrogen (secondary N) is 1. The van der Waals surface area contributed by atoms with Crippen LogP contribution in [0.2, 0.25) is 0 Å². The number of hydrogen-bond donors (Lipinski definition) is 2. The van der Waals surface area contributed by atoms with Crippen molar-refractivity contribution in [2.45, 2.75) is 33.1 Å². The lowest BCUT2D eigenvalue weighted by Gasteiger charge is -2.08. The molecule has 0 saturated heterocycles. The van der Waals surface area contributed by atoms with Crippen LogP contribution in [0.5, 0.6) is 0 Å². The van der Waals surface area contributed by atoms with E-state index in [9.17, 15) is 9.59 Å². The molecule has 4 heteroatoms. The Morgan fingerprint density at radius 3 is 2.54 bits per heavy atom. The Hall–Kier alpha value is -1.06. The van der Waals surface area contributed by atoms with Gasteiger partial charge in [-0.2, -0.15) is 0 Å². The Morgan fingerprint density at radius 1 is 1.46 bits per heavy atom. The summed E-state index contributed by atoms with van der Waals surface area (Å²) in [7, 11) is 0. The molecule has 0 heterocycles. The fourth-order valence-corrected chi connectivity index (χ4v) is 0.834. The summed E-state index contributed by atoms with van der Waals surface area (Å²) in [5.74, 6) is -0.224. The van der Waals surface area contributed by atoms with Crippen LogP contribution in [0.4, 0.5) is 0 Å². The molecule has 0 aromatic rings. The molecule has 0 aliphatic heterocycles. The SMILES string of the molecule is CCC(C)C(=O)NCCCC(N)=O. The summed E-state index contributed by atoms with van der Waals surface area (Å²) >= 11 is 0. The molecule has 76 valence electrons. The summed E-state index contributed by atoms with van der Waals surface area (Å²) in [5.41, 5.74) is 4.94. The molecule has 0 radical (unpaired) electrons. The van der Waals surface area contributed by atoms with Gasteiger partial charge in [0.25, 0.3) is 0 Å². The second kappa shape index (κ2) is 6.46. The Bertz CT molecular complexity index is 180. The lowest BCUT2D eigenvalue weighted by atomic mass is 10.1. The van der Waals surface area contributed by atoms with Crippen molar-refractivity contribution >= 4 is 11.8 Å². The first-order valence-corrected chi connectivity index (χ1v) is 4.64. The molecule has 4 nitrogen and oxygen atoms in total. The summed E-state index contributed by atoms with van der Waals surface area (Å²) in [6, 6.07) is 0. The van der Waals surface area contributed by atoms with Crippen LogP contribution in [-0.2, 0) is 9.59 Å². The topological polar surface area (TPSA) is 72.2 Å². The molecule has 0 aliphatic carbocycles. The van der Waals surface area contributed by atoms with Gasteiger partial charge in [0.15, 0.2) is 0 Å². The zero-order valence-corrected chi connectivity index (χ0v) is 8.30. The van der Waals surface area contributed by atoms with Gasteiger partial charge in [-0.15, -0.1) is 0 Å². The number of primary amides is 1. The predicted molar refractivity (Wildman–Crippen MR) is 50.9 cm³/mol. The van der Waals surface area contributed by atoms with E-state index in [1.807, 2.05) is 13.8 Å². The summed E-state index contributed by atoms with van der Waals surface area (Å²) < 4.78 is 0. The number of amides is 2. The van der Waals surface area contributed by atoms with Crippen LogP contribution in [0.1, 0.15) is 33.1 Å². The average Bonchev–Trinajstić information content (AvgIpc) is 2.10. The van der Waals surface area contributed by atoms with Gasteiger partial charge in [0.05, 0.1) is 0 Å². The number of nitrogens with two attached hydrogens (primary N) is 1. The van der Waals surface area contributed by atoms with Gasteiger partial charge in [-0.3, -0.25) is 9.59 Å². The van der Waals surface area contributed by atoms with Crippen molar-refractivity contribution in [1.82, 2.24) is 5.32 Å². The Balaban J connectivity index is 3.42. The van der Waals surface area contributed by atoms with Gasteiger partial charge in [-0.25, -0.2) is 0 Å². The normalized spacial score (nSPS) is 12.2. The molecule has 0 aromatic carbocycles. The van der Waals surface area contributed by atoms with Gasteiger partial charge < -0.3 is 11.1 Å². The van der Waals surface area contributed by atoms with Gasteiger partial charge in [-0.05, 0) is 12.8 Å². The van der Waals surface area contributed by atoms with Crippen molar-refractivity contribution in [3.05, 3.63) is 0 Å². The van der Waals surface area contributed by atoms with E-state index < -0.39 is 0 Å². The van der Waals surface area contributed by atoms with E-state index in [1.54, 1.807) is 0 Å². The molecule has 0 aliphatic rings. The maximum absolute atomic E-state index is 11.2. The van der Waals surface area contributed by atoms with Crippen LogP contribution >= 0.6 is 0 Å². The number of carbonyl (C=O) groups is 2. The Morgan fingerprint density at radius 2 is 2.08 bits per heavy atom. The Kier molecular flexibility index (Phi) is 5.93. The minimum atomic E-state index is -0.321. The van der Waals surface area contributed by atoms with E-state index in [0.717, 1.165) is 6.42 Å². The zero-order chi connectivity index (χ0) is 10.3. The molecule has 3 N–H and O–H groups in total. The molecule has 0 aromatic heterocycles. The first kappa shape index (κ1) is 11.9. The lowest BCUT2D eigenvalue weighted by molar-refractivity contribution is -0.125. The van der Waals surface area contributed by atoms with Crippen molar-refractivity contribution < 1.29 is 9.59 Å². The molecule has 1 atom stereocenters. The van der Waals surface area contributed by atoms with Crippen LogP contribution in [-0.4, -0.2) is 18.4 Å². The highest BCUT2D eigenvalue weighted by Gasteiger charge is 2.08. The molecular weight excluding hydrogens is 168 g/mol. The van der Waals surface area contributed by atoms with Crippen LogP contribution in [0, 0.1) is 5.92 Å². The number of carbonyl (C=O) groups excluding carboxylic acids is 2. The minimum Gasteiger partial charge on any atom is -0.370 e. The van der Waals surface area contributed by atoms with Crippen LogP contribution in [0.15, 0.2) is 0 Å². The van der Waals surface area contributed by atoms with Gasteiger partial charge >= 0.3 is 0 Å². The largest absolute Gasteiger partial charge is 0.370 e. The van der Waals surface area contributed by atoms with Crippen molar-refractivity contribution in [3.63, 3.8) is 0 Å². The van der Waals surface area contributed by atoms with Crippen molar-refractivity contribution in [2.24, 2.45) is 11.7 Å². The van der Waals surface area contributed by atoms with Crippen molar-refractivity contribution in [3.8, 4) is 0 Å². The summed E-state index contributed by atoms with van der Waals surface area (Å²) in [6.45, 7) is 4.38. The first-order valence-electron chi connectivity index (χ1n) is 4.64. The third-order valence-corrected chi connectivity index (χ3v) is 1.96. The molecule has 0 spiro atoms. The molecule has 1 unspecified atom stereocenters. The monoisotopic (exact) mass is 186 g/mol. The predicted octanol–water partition coefficient (Wildman–Crippen LogP) is 0.414. The second-order valence-electron chi connectivity index (χ2n) is 3.17. The van der Waals surface area contributed by atoms with Crippen molar-refractivity contribution in [2.75, 3.05) is 6.54 Å². The van der Waals surface area contributed by atoms with E-state index in [1.165, 1.54) is 0 Å². The number of hydrogen-bond acceptors (Lipinski definition) is 2. The highest BCUT2D eigenvalue weighted by Crippen LogP contribution is 1.99. The fourth-order valence-electron chi connectivity index (χ4n) is 0.834. The van der Waals surface area contributed by atoms with Gasteiger partial charge in [0.2, 0.25) is 11.8 Å². The maximum atomic E-state index is 11.2. The number of rotatable bonds is 6. The summed E-state index contributed by atoms with van der Waals surface area (Å²) in [4.78, 5) is 21.5. The van der Waals surface area contributed by atoms with E-state index in [2.05, 4.69) is 5.32 Å². The van der Waals surface area contributed by atoms with Crippen LogP contribution in [0.25, 0.3) is 0 Å². The van der Waals surface area contributed by atoms with Crippen molar-refractivity contribution in [1.29, 1.82) is 0 Å². The lowest BCUT2D eigenvalue weighted by Crippen LogP contribution is -2.30.